The van der Waals surface area contributed by atoms with E-state index in [1.165, 1.54) is 19.2 Å². The second kappa shape index (κ2) is 6.81. The van der Waals surface area contributed by atoms with Gasteiger partial charge in [-0.15, -0.1) is 0 Å². The van der Waals surface area contributed by atoms with Gasteiger partial charge < -0.3 is 24.8 Å². The summed E-state index contributed by atoms with van der Waals surface area (Å²) < 4.78 is 39.1. The topological polar surface area (TPSA) is 123 Å². The predicted octanol–water partition coefficient (Wildman–Crippen LogP) is -0.844. The van der Waals surface area contributed by atoms with E-state index in [1.54, 1.807) is 12.1 Å². The molecular weight excluding hydrogens is 328 g/mol. The first kappa shape index (κ1) is 18.3. The van der Waals surface area contributed by atoms with Crippen LogP contribution >= 0.6 is 0 Å². The Morgan fingerprint density at radius 3 is 2.43 bits per heavy atom. The SMILES string of the molecule is CO[C@H]1O[C@H](CO)[C@](O)(COS(=O)(=O)c2ccc(C)cc2)[C@@H]1O. The lowest BCUT2D eigenvalue weighted by atomic mass is 9.94. The molecule has 1 aliphatic rings. The molecule has 0 aromatic heterocycles. The van der Waals surface area contributed by atoms with Crippen molar-refractivity contribution in [3.05, 3.63) is 29.8 Å². The highest BCUT2D eigenvalue weighted by Crippen LogP contribution is 2.32. The first-order valence-corrected chi connectivity index (χ1v) is 8.31. The van der Waals surface area contributed by atoms with E-state index in [1.807, 2.05) is 6.92 Å². The Morgan fingerprint density at radius 2 is 1.91 bits per heavy atom. The Labute approximate surface area is 134 Å². The van der Waals surface area contributed by atoms with Crippen LogP contribution in [0, 0.1) is 6.92 Å². The van der Waals surface area contributed by atoms with Crippen LogP contribution in [0.4, 0.5) is 0 Å². The Morgan fingerprint density at radius 1 is 1.30 bits per heavy atom. The summed E-state index contributed by atoms with van der Waals surface area (Å²) in [5.41, 5.74) is -1.24. The molecule has 0 radical (unpaired) electrons. The summed E-state index contributed by atoms with van der Waals surface area (Å²) in [6, 6.07) is 5.96. The minimum atomic E-state index is -4.13. The van der Waals surface area contributed by atoms with E-state index in [0.29, 0.717) is 0 Å². The van der Waals surface area contributed by atoms with Gasteiger partial charge in [0, 0.05) is 7.11 Å². The van der Waals surface area contributed by atoms with E-state index in [2.05, 4.69) is 0 Å². The molecule has 0 amide bonds. The average molecular weight is 348 g/mol. The van der Waals surface area contributed by atoms with Crippen LogP contribution in [0.3, 0.4) is 0 Å². The van der Waals surface area contributed by atoms with Gasteiger partial charge in [-0.05, 0) is 19.1 Å². The normalized spacial score (nSPS) is 31.4. The highest BCUT2D eigenvalue weighted by atomic mass is 32.2. The maximum Gasteiger partial charge on any atom is 0.297 e. The van der Waals surface area contributed by atoms with Crippen molar-refractivity contribution in [2.24, 2.45) is 0 Å². The quantitative estimate of drug-likeness (QED) is 0.569. The molecule has 9 heteroatoms. The average Bonchev–Trinajstić information content (AvgIpc) is 2.78. The lowest BCUT2D eigenvalue weighted by molar-refractivity contribution is -0.153. The Kier molecular flexibility index (Phi) is 5.41. The van der Waals surface area contributed by atoms with Gasteiger partial charge in [-0.3, -0.25) is 4.18 Å². The van der Waals surface area contributed by atoms with Crippen LogP contribution in [0.5, 0.6) is 0 Å². The van der Waals surface area contributed by atoms with E-state index >= 15 is 0 Å². The second-order valence-electron chi connectivity index (χ2n) is 5.38. The zero-order chi connectivity index (χ0) is 17.3. The predicted molar refractivity (Wildman–Crippen MR) is 78.0 cm³/mol. The van der Waals surface area contributed by atoms with Crippen molar-refractivity contribution in [2.45, 2.75) is 35.9 Å². The van der Waals surface area contributed by atoms with Crippen molar-refractivity contribution in [2.75, 3.05) is 20.3 Å². The van der Waals surface area contributed by atoms with Crippen LogP contribution in [0.25, 0.3) is 0 Å². The summed E-state index contributed by atoms with van der Waals surface area (Å²) in [6.45, 7) is 0.389. The number of methoxy groups -OCH3 is 1. The van der Waals surface area contributed by atoms with E-state index in [4.69, 9.17) is 13.7 Å². The Balaban J connectivity index is 2.16. The van der Waals surface area contributed by atoms with Gasteiger partial charge in [0.15, 0.2) is 6.29 Å². The molecule has 0 bridgehead atoms. The molecule has 4 atom stereocenters. The van der Waals surface area contributed by atoms with Crippen LogP contribution in [-0.2, 0) is 23.8 Å². The minimum absolute atomic E-state index is 0.0797. The number of aliphatic hydroxyl groups excluding tert-OH is 2. The van der Waals surface area contributed by atoms with Crippen LogP contribution in [0.2, 0.25) is 0 Å². The summed E-state index contributed by atoms with van der Waals surface area (Å²) in [6.07, 6.45) is -4.00. The van der Waals surface area contributed by atoms with Gasteiger partial charge in [-0.1, -0.05) is 17.7 Å². The van der Waals surface area contributed by atoms with E-state index in [0.717, 1.165) is 5.56 Å². The molecule has 130 valence electrons. The summed E-state index contributed by atoms with van der Waals surface area (Å²) in [5.74, 6) is 0. The monoisotopic (exact) mass is 348 g/mol. The van der Waals surface area contributed by atoms with Gasteiger partial charge in [0.1, 0.15) is 24.4 Å². The van der Waals surface area contributed by atoms with Gasteiger partial charge in [0.25, 0.3) is 10.1 Å². The Bertz CT molecular complexity index is 625. The van der Waals surface area contributed by atoms with Crippen LogP contribution in [0.15, 0.2) is 29.2 Å². The first-order valence-electron chi connectivity index (χ1n) is 6.90. The van der Waals surface area contributed by atoms with Crippen molar-refractivity contribution < 1.29 is 37.4 Å². The summed E-state index contributed by atoms with van der Waals surface area (Å²) in [4.78, 5) is -0.0797. The van der Waals surface area contributed by atoms with Crippen LogP contribution in [0.1, 0.15) is 5.56 Å². The van der Waals surface area contributed by atoms with Gasteiger partial charge in [-0.25, -0.2) is 0 Å². The molecule has 1 heterocycles. The first-order chi connectivity index (χ1) is 10.7. The van der Waals surface area contributed by atoms with Crippen LogP contribution < -0.4 is 0 Å². The molecule has 0 aliphatic carbocycles. The van der Waals surface area contributed by atoms with Gasteiger partial charge >= 0.3 is 0 Å². The molecule has 3 N–H and O–H groups in total. The second-order valence-corrected chi connectivity index (χ2v) is 6.99. The fraction of sp³-hybridized carbons (Fsp3) is 0.571. The van der Waals surface area contributed by atoms with Gasteiger partial charge in [-0.2, -0.15) is 8.42 Å². The number of aliphatic hydroxyl groups is 3. The third-order valence-corrected chi connectivity index (χ3v) is 5.06. The number of rotatable bonds is 6. The van der Waals surface area contributed by atoms with Crippen molar-refractivity contribution in [3.63, 3.8) is 0 Å². The molecule has 1 fully saturated rings. The van der Waals surface area contributed by atoms with Gasteiger partial charge in [0.05, 0.1) is 11.5 Å². The highest BCUT2D eigenvalue weighted by molar-refractivity contribution is 7.86. The van der Waals surface area contributed by atoms with Crippen molar-refractivity contribution in [1.29, 1.82) is 0 Å². The number of aryl methyl sites for hydroxylation is 1. The molecule has 0 spiro atoms. The molecule has 0 saturated carbocycles. The lowest BCUT2D eigenvalue weighted by Crippen LogP contribution is -2.53. The van der Waals surface area contributed by atoms with E-state index in [-0.39, 0.29) is 4.90 Å². The number of benzene rings is 1. The van der Waals surface area contributed by atoms with Crippen molar-refractivity contribution >= 4 is 10.1 Å². The third kappa shape index (κ3) is 3.56. The molecule has 1 saturated heterocycles. The summed E-state index contributed by atoms with van der Waals surface area (Å²) in [7, 11) is -2.88. The maximum absolute atomic E-state index is 12.1. The van der Waals surface area contributed by atoms with Gasteiger partial charge in [0.2, 0.25) is 0 Å². The number of ether oxygens (including phenoxy) is 2. The highest BCUT2D eigenvalue weighted by Gasteiger charge is 2.56. The molecule has 1 aliphatic heterocycles. The van der Waals surface area contributed by atoms with Crippen molar-refractivity contribution in [3.8, 4) is 0 Å². The molecule has 2 rings (SSSR count). The fourth-order valence-corrected chi connectivity index (χ4v) is 3.24. The largest absolute Gasteiger partial charge is 0.394 e. The third-order valence-electron chi connectivity index (χ3n) is 3.78. The summed E-state index contributed by atoms with van der Waals surface area (Å²) >= 11 is 0. The smallest absolute Gasteiger partial charge is 0.297 e. The standard InChI is InChI=1S/C14H20O8S/c1-9-3-5-10(6-4-9)23(18,19)21-8-14(17)11(7-15)22-13(20-2)12(14)16/h3-6,11-13,15-17H,7-8H2,1-2H3/t11-,12-,13+,14-/m1/s1. The zero-order valence-corrected chi connectivity index (χ0v) is 13.6. The van der Waals surface area contributed by atoms with E-state index in [9.17, 15) is 23.7 Å². The minimum Gasteiger partial charge on any atom is -0.394 e. The molecule has 1 aromatic rings. The zero-order valence-electron chi connectivity index (χ0n) is 12.7. The molecule has 8 nitrogen and oxygen atoms in total. The molecule has 1 aromatic carbocycles. The van der Waals surface area contributed by atoms with Crippen molar-refractivity contribution in [1.82, 2.24) is 0 Å². The molecule has 0 unspecified atom stereocenters. The fourth-order valence-electron chi connectivity index (χ4n) is 2.29. The number of hydrogen-bond donors (Lipinski definition) is 3. The lowest BCUT2D eigenvalue weighted by Gasteiger charge is -2.29. The number of hydrogen-bond acceptors (Lipinski definition) is 8. The Hall–Kier alpha value is -1.07. The molecule has 23 heavy (non-hydrogen) atoms. The molecular formula is C14H20O8S. The van der Waals surface area contributed by atoms with E-state index < -0.39 is 47.4 Å². The maximum atomic E-state index is 12.1. The summed E-state index contributed by atoms with van der Waals surface area (Å²) in [5, 5.41) is 29.8. The van der Waals surface area contributed by atoms with Crippen LogP contribution in [-0.4, -0.2) is 68.2 Å².